The molecule has 0 fully saturated rings. The van der Waals surface area contributed by atoms with Crippen molar-refractivity contribution in [2.24, 2.45) is 5.92 Å². The van der Waals surface area contributed by atoms with Crippen LogP contribution in [0.2, 0.25) is 0 Å². The highest BCUT2D eigenvalue weighted by atomic mass is 16.5. The van der Waals surface area contributed by atoms with E-state index in [-0.39, 0.29) is 12.5 Å². The number of amides is 1. The Morgan fingerprint density at radius 3 is 2.86 bits per heavy atom. The molecule has 0 heterocycles. The first kappa shape index (κ1) is 17.0. The molecular weight excluding hydrogens is 266 g/mol. The molecule has 0 saturated carbocycles. The smallest absolute Gasteiger partial charge is 0.257 e. The number of hydrogen-bond donors (Lipinski definition) is 2. The van der Waals surface area contributed by atoms with Gasteiger partial charge in [0.05, 0.1) is 12.5 Å². The number of nitrogens with one attached hydrogen (secondary N) is 2. The van der Waals surface area contributed by atoms with Gasteiger partial charge >= 0.3 is 0 Å². The molecule has 0 radical (unpaired) electrons. The zero-order chi connectivity index (χ0) is 15.5. The lowest BCUT2D eigenvalue weighted by Gasteiger charge is -2.13. The van der Waals surface area contributed by atoms with Gasteiger partial charge in [0.2, 0.25) is 0 Å². The summed E-state index contributed by atoms with van der Waals surface area (Å²) in [5.74, 6) is 1.09. The van der Waals surface area contributed by atoms with Gasteiger partial charge in [-0.05, 0) is 18.5 Å². The summed E-state index contributed by atoms with van der Waals surface area (Å²) in [4.78, 5) is 11.5. The van der Waals surface area contributed by atoms with Crippen LogP contribution in [-0.4, -0.2) is 25.6 Å². The summed E-state index contributed by atoms with van der Waals surface area (Å²) in [7, 11) is 0. The van der Waals surface area contributed by atoms with Crippen molar-refractivity contribution in [3.63, 3.8) is 0 Å². The number of ether oxygens (including phenoxy) is 1. The number of carbonyl (C=O) groups is 1. The number of rotatable bonds is 9. The average molecular weight is 289 g/mol. The summed E-state index contributed by atoms with van der Waals surface area (Å²) in [6.07, 6.45) is 0.307. The molecule has 0 aromatic heterocycles. The van der Waals surface area contributed by atoms with Crippen molar-refractivity contribution in [3.05, 3.63) is 29.8 Å². The summed E-state index contributed by atoms with van der Waals surface area (Å²) in [5, 5.41) is 14.4. The van der Waals surface area contributed by atoms with Gasteiger partial charge in [0.15, 0.2) is 6.61 Å². The molecule has 0 atom stereocenters. The number of carbonyl (C=O) groups excluding carboxylic acids is 1. The standard InChI is InChI=1S/C16H23N3O2/c1-13(2)10-18-11-14-6-3-4-7-15(14)21-12-16(20)19-9-5-8-17/h3-4,6-7,13,18H,5,9-12H2,1-2H3,(H,19,20). The molecule has 1 aromatic carbocycles. The van der Waals surface area contributed by atoms with Gasteiger partial charge in [0.1, 0.15) is 5.75 Å². The molecule has 1 amide bonds. The quantitative estimate of drug-likeness (QED) is 0.680. The van der Waals surface area contributed by atoms with Gasteiger partial charge in [-0.1, -0.05) is 32.0 Å². The normalized spacial score (nSPS) is 10.2. The molecule has 1 rings (SSSR count). The van der Waals surface area contributed by atoms with Gasteiger partial charge in [-0.15, -0.1) is 0 Å². The largest absolute Gasteiger partial charge is 0.483 e. The maximum absolute atomic E-state index is 11.5. The summed E-state index contributed by atoms with van der Waals surface area (Å²) < 4.78 is 5.55. The summed E-state index contributed by atoms with van der Waals surface area (Å²) in [6, 6.07) is 9.65. The van der Waals surface area contributed by atoms with Crippen molar-refractivity contribution in [2.45, 2.75) is 26.8 Å². The zero-order valence-corrected chi connectivity index (χ0v) is 12.7. The van der Waals surface area contributed by atoms with Crippen molar-refractivity contribution in [2.75, 3.05) is 19.7 Å². The van der Waals surface area contributed by atoms with Gasteiger partial charge < -0.3 is 15.4 Å². The third kappa shape index (κ3) is 7.33. The maximum atomic E-state index is 11.5. The molecule has 21 heavy (non-hydrogen) atoms. The Morgan fingerprint density at radius 2 is 2.14 bits per heavy atom. The Bertz CT molecular complexity index is 481. The number of para-hydroxylation sites is 1. The second kappa shape index (κ2) is 9.78. The molecule has 0 bridgehead atoms. The predicted molar refractivity (Wildman–Crippen MR) is 81.7 cm³/mol. The molecule has 5 heteroatoms. The van der Waals surface area contributed by atoms with Crippen LogP contribution in [-0.2, 0) is 11.3 Å². The Balaban J connectivity index is 2.43. The fraction of sp³-hybridized carbons (Fsp3) is 0.500. The van der Waals surface area contributed by atoms with E-state index in [4.69, 9.17) is 10.00 Å². The van der Waals surface area contributed by atoms with Crippen LogP contribution in [0.5, 0.6) is 5.75 Å². The minimum absolute atomic E-state index is 0.0351. The molecule has 0 unspecified atom stereocenters. The Morgan fingerprint density at radius 1 is 1.38 bits per heavy atom. The van der Waals surface area contributed by atoms with E-state index in [9.17, 15) is 4.79 Å². The van der Waals surface area contributed by atoms with Crippen LogP contribution in [0, 0.1) is 17.2 Å². The molecule has 0 spiro atoms. The van der Waals surface area contributed by atoms with E-state index in [1.54, 1.807) is 0 Å². The fourth-order valence-electron chi connectivity index (χ4n) is 1.74. The van der Waals surface area contributed by atoms with Crippen molar-refractivity contribution >= 4 is 5.91 Å². The van der Waals surface area contributed by atoms with Crippen LogP contribution in [0.3, 0.4) is 0 Å². The van der Waals surface area contributed by atoms with E-state index < -0.39 is 0 Å². The minimum atomic E-state index is -0.213. The predicted octanol–water partition coefficient (Wildman–Crippen LogP) is 1.84. The lowest BCUT2D eigenvalue weighted by Crippen LogP contribution is -2.29. The lowest BCUT2D eigenvalue weighted by atomic mass is 10.2. The maximum Gasteiger partial charge on any atom is 0.257 e. The van der Waals surface area contributed by atoms with Crippen molar-refractivity contribution in [3.8, 4) is 11.8 Å². The highest BCUT2D eigenvalue weighted by Crippen LogP contribution is 2.17. The SMILES string of the molecule is CC(C)CNCc1ccccc1OCC(=O)NCCC#N. The summed E-state index contributed by atoms with van der Waals surface area (Å²) >= 11 is 0. The Hall–Kier alpha value is -2.06. The first-order valence-electron chi connectivity index (χ1n) is 7.18. The van der Waals surface area contributed by atoms with Crippen LogP contribution < -0.4 is 15.4 Å². The van der Waals surface area contributed by atoms with Crippen molar-refractivity contribution in [1.29, 1.82) is 5.26 Å². The fourth-order valence-corrected chi connectivity index (χ4v) is 1.74. The monoisotopic (exact) mass is 289 g/mol. The van der Waals surface area contributed by atoms with Crippen LogP contribution in [0.15, 0.2) is 24.3 Å². The first-order valence-corrected chi connectivity index (χ1v) is 7.18. The highest BCUT2D eigenvalue weighted by Gasteiger charge is 2.06. The Labute approximate surface area is 126 Å². The number of benzene rings is 1. The van der Waals surface area contributed by atoms with Crippen LogP contribution in [0.25, 0.3) is 0 Å². The van der Waals surface area contributed by atoms with Crippen LogP contribution in [0.1, 0.15) is 25.8 Å². The molecule has 5 nitrogen and oxygen atoms in total. The number of hydrogen-bond acceptors (Lipinski definition) is 4. The van der Waals surface area contributed by atoms with Gasteiger partial charge in [0, 0.05) is 18.7 Å². The molecule has 0 saturated heterocycles. The Kier molecular flexibility index (Phi) is 7.92. The van der Waals surface area contributed by atoms with Gasteiger partial charge in [-0.25, -0.2) is 0 Å². The number of nitrogens with zero attached hydrogens (tertiary/aromatic N) is 1. The van der Waals surface area contributed by atoms with Crippen molar-refractivity contribution in [1.82, 2.24) is 10.6 Å². The van der Waals surface area contributed by atoms with Crippen LogP contribution >= 0.6 is 0 Å². The van der Waals surface area contributed by atoms with E-state index in [1.807, 2.05) is 30.3 Å². The number of nitriles is 1. The molecule has 1 aromatic rings. The molecule has 114 valence electrons. The van der Waals surface area contributed by atoms with Gasteiger partial charge in [-0.2, -0.15) is 5.26 Å². The van der Waals surface area contributed by atoms with E-state index in [0.717, 1.165) is 12.1 Å². The van der Waals surface area contributed by atoms with E-state index in [2.05, 4.69) is 24.5 Å². The summed E-state index contributed by atoms with van der Waals surface area (Å²) in [6.45, 7) is 6.28. The van der Waals surface area contributed by atoms with Gasteiger partial charge in [0.25, 0.3) is 5.91 Å². The second-order valence-corrected chi connectivity index (χ2v) is 5.18. The van der Waals surface area contributed by atoms with Crippen molar-refractivity contribution < 1.29 is 9.53 Å². The third-order valence-electron chi connectivity index (χ3n) is 2.76. The average Bonchev–Trinajstić information content (AvgIpc) is 2.46. The molecule has 0 aliphatic carbocycles. The van der Waals surface area contributed by atoms with E-state index in [1.165, 1.54) is 0 Å². The second-order valence-electron chi connectivity index (χ2n) is 5.18. The molecule has 2 N–H and O–H groups in total. The molecular formula is C16H23N3O2. The zero-order valence-electron chi connectivity index (χ0n) is 12.7. The highest BCUT2D eigenvalue weighted by molar-refractivity contribution is 5.77. The lowest BCUT2D eigenvalue weighted by molar-refractivity contribution is -0.123. The third-order valence-corrected chi connectivity index (χ3v) is 2.76. The topological polar surface area (TPSA) is 74.2 Å². The molecule has 0 aliphatic rings. The van der Waals surface area contributed by atoms with E-state index in [0.29, 0.717) is 31.2 Å². The van der Waals surface area contributed by atoms with E-state index >= 15 is 0 Å². The minimum Gasteiger partial charge on any atom is -0.483 e. The van der Waals surface area contributed by atoms with Crippen LogP contribution in [0.4, 0.5) is 0 Å². The van der Waals surface area contributed by atoms with Gasteiger partial charge in [-0.3, -0.25) is 4.79 Å². The summed E-state index contributed by atoms with van der Waals surface area (Å²) in [5.41, 5.74) is 1.03. The first-order chi connectivity index (χ1) is 10.1. The molecule has 0 aliphatic heterocycles.